The van der Waals surface area contributed by atoms with Crippen LogP contribution in [0.5, 0.6) is 0 Å². The molecule has 0 aromatic heterocycles. The zero-order chi connectivity index (χ0) is 33.9. The van der Waals surface area contributed by atoms with Crippen LogP contribution in [0.2, 0.25) is 0 Å². The van der Waals surface area contributed by atoms with Gasteiger partial charge < -0.3 is 19.7 Å². The van der Waals surface area contributed by atoms with Gasteiger partial charge in [-0.1, -0.05) is 78.9 Å². The molecule has 0 unspecified atom stereocenters. The molecule has 2 aliphatic heterocycles. The van der Waals surface area contributed by atoms with Crippen LogP contribution in [-0.2, 0) is 22.6 Å². The summed E-state index contributed by atoms with van der Waals surface area (Å²) in [7, 11) is 0. The molecular formula is C40H33NO7S. The van der Waals surface area contributed by atoms with E-state index in [2.05, 4.69) is 0 Å². The SMILES string of the molecule is O=C(O)c1ccc(SC[C@@H]2C[C@H](c3ccc(CO)cc3)O[C@H](c3ccc(-c4cccc(CN5C(=O)c6ccccc6C5=O)c4)cc3)O2)cc1. The lowest BCUT2D eigenvalue weighted by Crippen LogP contribution is -2.31. The molecule has 5 aromatic carbocycles. The van der Waals surface area contributed by atoms with Crippen molar-refractivity contribution in [2.45, 2.75) is 43.0 Å². The monoisotopic (exact) mass is 671 g/mol. The fourth-order valence-electron chi connectivity index (χ4n) is 6.15. The number of carbonyl (C=O) groups excluding carboxylic acids is 2. The summed E-state index contributed by atoms with van der Waals surface area (Å²) in [4.78, 5) is 39.3. The lowest BCUT2D eigenvalue weighted by Gasteiger charge is -2.36. The van der Waals surface area contributed by atoms with Gasteiger partial charge in [-0.3, -0.25) is 14.5 Å². The highest BCUT2D eigenvalue weighted by atomic mass is 32.2. The third-order valence-electron chi connectivity index (χ3n) is 8.81. The van der Waals surface area contributed by atoms with Crippen LogP contribution < -0.4 is 0 Å². The van der Waals surface area contributed by atoms with Gasteiger partial charge in [-0.25, -0.2) is 4.79 Å². The molecule has 0 saturated carbocycles. The van der Waals surface area contributed by atoms with E-state index in [1.807, 2.05) is 84.9 Å². The molecule has 0 bridgehead atoms. The number of amides is 2. The molecule has 0 radical (unpaired) electrons. The highest BCUT2D eigenvalue weighted by Gasteiger charge is 2.35. The molecule has 2 heterocycles. The largest absolute Gasteiger partial charge is 0.478 e. The number of hydrogen-bond donors (Lipinski definition) is 2. The molecule has 49 heavy (non-hydrogen) atoms. The Morgan fingerprint density at radius 2 is 1.41 bits per heavy atom. The number of hydrogen-bond acceptors (Lipinski definition) is 7. The van der Waals surface area contributed by atoms with E-state index in [9.17, 15) is 24.6 Å². The van der Waals surface area contributed by atoms with Crippen molar-refractivity contribution in [3.8, 4) is 11.1 Å². The van der Waals surface area contributed by atoms with E-state index < -0.39 is 12.3 Å². The van der Waals surface area contributed by atoms with Crippen molar-refractivity contribution in [2.24, 2.45) is 0 Å². The molecule has 2 aliphatic rings. The number of carboxylic acid groups (broad SMARTS) is 1. The molecule has 9 heteroatoms. The summed E-state index contributed by atoms with van der Waals surface area (Å²) in [6.07, 6.45) is -0.368. The van der Waals surface area contributed by atoms with Crippen LogP contribution in [-0.4, -0.2) is 44.8 Å². The predicted octanol–water partition coefficient (Wildman–Crippen LogP) is 7.68. The number of imide groups is 1. The van der Waals surface area contributed by atoms with Crippen LogP contribution in [0.1, 0.15) is 72.1 Å². The van der Waals surface area contributed by atoms with Crippen LogP contribution in [0.3, 0.4) is 0 Å². The summed E-state index contributed by atoms with van der Waals surface area (Å²) < 4.78 is 13.0. The van der Waals surface area contributed by atoms with Crippen LogP contribution in [0.25, 0.3) is 11.1 Å². The number of benzene rings is 5. The first kappa shape index (κ1) is 32.5. The standard InChI is InChI=1S/C40H33NO7S/c42-23-25-8-10-28(11-9-25)36-21-32(24-49-33-18-16-29(17-19-33)39(45)46)47-40(48-36)30-14-12-27(13-15-30)31-5-3-4-26(20-31)22-41-37(43)34-6-1-2-7-35(34)38(41)44/h1-20,32,36,40,42H,21-24H2,(H,45,46)/t32-,36+,40+/m0/s1. The molecule has 1 fully saturated rings. The highest BCUT2D eigenvalue weighted by Crippen LogP contribution is 2.40. The van der Waals surface area contributed by atoms with E-state index >= 15 is 0 Å². The maximum absolute atomic E-state index is 12.9. The van der Waals surface area contributed by atoms with Crippen molar-refractivity contribution in [3.63, 3.8) is 0 Å². The Labute approximate surface area is 287 Å². The number of carbonyl (C=O) groups is 3. The molecule has 0 aliphatic carbocycles. The first-order chi connectivity index (χ1) is 23.9. The molecule has 0 spiro atoms. The van der Waals surface area contributed by atoms with Crippen molar-refractivity contribution in [1.82, 2.24) is 4.90 Å². The minimum Gasteiger partial charge on any atom is -0.478 e. The second kappa shape index (κ2) is 14.2. The van der Waals surface area contributed by atoms with Crippen LogP contribution in [0.15, 0.2) is 126 Å². The van der Waals surface area contributed by atoms with Crippen LogP contribution in [0.4, 0.5) is 0 Å². The molecule has 8 nitrogen and oxygen atoms in total. The third kappa shape index (κ3) is 7.06. The summed E-state index contributed by atoms with van der Waals surface area (Å²) in [6.45, 7) is 0.154. The normalized spacial score (nSPS) is 18.8. The average molecular weight is 672 g/mol. The second-order valence-corrected chi connectivity index (χ2v) is 13.1. The number of nitrogens with zero attached hydrogens (tertiary/aromatic N) is 1. The van der Waals surface area contributed by atoms with Gasteiger partial charge in [0.1, 0.15) is 0 Å². The number of ether oxygens (including phenoxy) is 2. The average Bonchev–Trinajstić information content (AvgIpc) is 3.39. The number of aromatic carboxylic acids is 1. The van der Waals surface area contributed by atoms with E-state index in [-0.39, 0.29) is 42.7 Å². The molecular weight excluding hydrogens is 639 g/mol. The molecule has 2 N–H and O–H groups in total. The van der Waals surface area contributed by atoms with Gasteiger partial charge in [0.15, 0.2) is 6.29 Å². The zero-order valence-corrected chi connectivity index (χ0v) is 27.2. The Morgan fingerprint density at radius 3 is 2.06 bits per heavy atom. The Hall–Kier alpha value is -5.06. The van der Waals surface area contributed by atoms with Crippen LogP contribution >= 0.6 is 11.8 Å². The quantitative estimate of drug-likeness (QED) is 0.115. The first-order valence-electron chi connectivity index (χ1n) is 16.0. The van der Waals surface area contributed by atoms with Crippen molar-refractivity contribution in [2.75, 3.05) is 5.75 Å². The van der Waals surface area contributed by atoms with Gasteiger partial charge in [-0.05, 0) is 70.3 Å². The minimum absolute atomic E-state index is 0.0322. The van der Waals surface area contributed by atoms with Gasteiger partial charge in [-0.15, -0.1) is 11.8 Å². The minimum atomic E-state index is -0.956. The van der Waals surface area contributed by atoms with Crippen LogP contribution in [0, 0.1) is 0 Å². The van der Waals surface area contributed by atoms with Gasteiger partial charge in [-0.2, -0.15) is 0 Å². The summed E-state index contributed by atoms with van der Waals surface area (Å²) in [5, 5.41) is 18.8. The molecule has 5 aromatic rings. The summed E-state index contributed by atoms with van der Waals surface area (Å²) in [5.74, 6) is -0.867. The Morgan fingerprint density at radius 1 is 0.735 bits per heavy atom. The number of aliphatic hydroxyl groups excluding tert-OH is 1. The Balaban J connectivity index is 1.07. The van der Waals surface area contributed by atoms with Gasteiger partial charge in [0, 0.05) is 22.6 Å². The zero-order valence-electron chi connectivity index (χ0n) is 26.4. The lowest BCUT2D eigenvalue weighted by atomic mass is 9.99. The number of carboxylic acids is 1. The topological polar surface area (TPSA) is 113 Å². The van der Waals surface area contributed by atoms with Gasteiger partial charge in [0.25, 0.3) is 11.8 Å². The lowest BCUT2D eigenvalue weighted by molar-refractivity contribution is -0.245. The fourth-order valence-corrected chi connectivity index (χ4v) is 7.07. The molecule has 1 saturated heterocycles. The number of aliphatic hydroxyl groups is 1. The molecule has 246 valence electrons. The van der Waals surface area contributed by atoms with E-state index in [0.29, 0.717) is 23.3 Å². The molecule has 7 rings (SSSR count). The number of rotatable bonds is 10. The van der Waals surface area contributed by atoms with E-state index in [4.69, 9.17) is 9.47 Å². The number of thioether (sulfide) groups is 1. The third-order valence-corrected chi connectivity index (χ3v) is 9.96. The van der Waals surface area contributed by atoms with E-state index in [1.54, 1.807) is 48.2 Å². The van der Waals surface area contributed by atoms with Crippen molar-refractivity contribution >= 4 is 29.5 Å². The highest BCUT2D eigenvalue weighted by molar-refractivity contribution is 7.99. The Kier molecular flexibility index (Phi) is 9.41. The first-order valence-corrected chi connectivity index (χ1v) is 17.0. The fraction of sp³-hybridized carbons (Fsp3) is 0.175. The van der Waals surface area contributed by atoms with Gasteiger partial charge >= 0.3 is 5.97 Å². The predicted molar refractivity (Wildman–Crippen MR) is 185 cm³/mol. The summed E-state index contributed by atoms with van der Waals surface area (Å²) in [5.41, 5.74) is 6.58. The van der Waals surface area contributed by atoms with Crippen molar-refractivity contribution in [1.29, 1.82) is 0 Å². The van der Waals surface area contributed by atoms with Crippen molar-refractivity contribution < 1.29 is 34.1 Å². The summed E-state index contributed by atoms with van der Waals surface area (Å²) >= 11 is 1.60. The van der Waals surface area contributed by atoms with Crippen molar-refractivity contribution in [3.05, 3.63) is 160 Å². The second-order valence-electron chi connectivity index (χ2n) is 12.1. The van der Waals surface area contributed by atoms with Gasteiger partial charge in [0.2, 0.25) is 0 Å². The maximum Gasteiger partial charge on any atom is 0.335 e. The Bertz CT molecular complexity index is 1960. The smallest absolute Gasteiger partial charge is 0.335 e. The van der Waals surface area contributed by atoms with E-state index in [1.165, 1.54) is 4.90 Å². The molecule has 2 amide bonds. The summed E-state index contributed by atoms with van der Waals surface area (Å²) in [6, 6.07) is 37.3. The van der Waals surface area contributed by atoms with Gasteiger partial charge in [0.05, 0.1) is 42.0 Å². The van der Waals surface area contributed by atoms with E-state index in [0.717, 1.165) is 38.3 Å². The number of fused-ring (bicyclic) bond motifs is 1. The maximum atomic E-state index is 12.9. The molecule has 3 atom stereocenters.